The van der Waals surface area contributed by atoms with E-state index in [9.17, 15) is 18.5 Å². The Balaban J connectivity index is 2.64. The van der Waals surface area contributed by atoms with E-state index in [0.717, 1.165) is 11.3 Å². The number of aromatic carboxylic acids is 1. The van der Waals surface area contributed by atoms with E-state index in [1.54, 1.807) is 6.92 Å². The van der Waals surface area contributed by atoms with Crippen molar-refractivity contribution in [2.24, 2.45) is 0 Å². The maximum atomic E-state index is 14.3. The van der Waals surface area contributed by atoms with Crippen molar-refractivity contribution in [2.45, 2.75) is 19.5 Å². The van der Waals surface area contributed by atoms with Gasteiger partial charge in [-0.1, -0.05) is 0 Å². The standard InChI is InChI=1S/C13H12BrF2O4PS/c1-3-20-21(19)13(15,16)11-9(14)8-5-7(12(17)18)4-6(2)10(8)22-11/h4-5,19H,3H2,1-2H3,(H,17,18). The van der Waals surface area contributed by atoms with Crippen molar-refractivity contribution in [1.29, 1.82) is 0 Å². The number of halogens is 3. The van der Waals surface area contributed by atoms with Crippen LogP contribution in [0.3, 0.4) is 0 Å². The molecule has 1 heterocycles. The van der Waals surface area contributed by atoms with E-state index in [0.29, 0.717) is 15.6 Å². The molecule has 0 amide bonds. The smallest absolute Gasteiger partial charge is 0.349 e. The van der Waals surface area contributed by atoms with Crippen molar-refractivity contribution in [1.82, 2.24) is 0 Å². The van der Waals surface area contributed by atoms with Crippen LogP contribution in [0.15, 0.2) is 16.6 Å². The third-order valence-electron chi connectivity index (χ3n) is 2.93. The zero-order valence-electron chi connectivity index (χ0n) is 11.6. The Bertz CT molecular complexity index is 734. The van der Waals surface area contributed by atoms with Crippen molar-refractivity contribution >= 4 is 51.7 Å². The molecule has 1 unspecified atom stereocenters. The summed E-state index contributed by atoms with van der Waals surface area (Å²) < 4.78 is 34.0. The first-order chi connectivity index (χ1) is 10.2. The molecule has 2 aromatic rings. The minimum absolute atomic E-state index is 0.0226. The van der Waals surface area contributed by atoms with Crippen molar-refractivity contribution in [3.05, 3.63) is 32.6 Å². The Morgan fingerprint density at radius 1 is 1.50 bits per heavy atom. The van der Waals surface area contributed by atoms with E-state index in [4.69, 9.17) is 5.11 Å². The number of carbonyl (C=O) groups is 1. The van der Waals surface area contributed by atoms with E-state index >= 15 is 0 Å². The number of fused-ring (bicyclic) bond motifs is 1. The van der Waals surface area contributed by atoms with Crippen molar-refractivity contribution in [2.75, 3.05) is 6.61 Å². The molecule has 1 aromatic heterocycles. The van der Waals surface area contributed by atoms with Gasteiger partial charge in [0.05, 0.1) is 17.0 Å². The van der Waals surface area contributed by atoms with Crippen molar-refractivity contribution in [3.63, 3.8) is 0 Å². The van der Waals surface area contributed by atoms with Crippen LogP contribution in [0.4, 0.5) is 8.78 Å². The Hall–Kier alpha value is -0.660. The van der Waals surface area contributed by atoms with Gasteiger partial charge in [0.2, 0.25) is 8.38 Å². The summed E-state index contributed by atoms with van der Waals surface area (Å²) in [5.41, 5.74) is -2.93. The number of hydrogen-bond acceptors (Lipinski definition) is 4. The molecule has 0 saturated carbocycles. The number of carboxylic acid groups (broad SMARTS) is 1. The number of thiophene rings is 1. The zero-order chi connectivity index (χ0) is 16.7. The molecule has 9 heteroatoms. The third kappa shape index (κ3) is 3.03. The summed E-state index contributed by atoms with van der Waals surface area (Å²) in [5.74, 6) is -1.13. The van der Waals surface area contributed by atoms with Gasteiger partial charge in [-0.05, 0) is 47.5 Å². The van der Waals surface area contributed by atoms with Gasteiger partial charge in [-0.3, -0.25) is 0 Å². The lowest BCUT2D eigenvalue weighted by Gasteiger charge is -2.20. The number of hydrogen-bond donors (Lipinski definition) is 2. The fourth-order valence-electron chi connectivity index (χ4n) is 1.95. The number of aryl methyl sites for hydroxylation is 1. The molecule has 0 aliphatic carbocycles. The first-order valence-corrected chi connectivity index (χ1v) is 8.98. The molecule has 1 atom stereocenters. The summed E-state index contributed by atoms with van der Waals surface area (Å²) in [5, 5.41) is 9.45. The first-order valence-electron chi connectivity index (χ1n) is 6.16. The molecule has 2 rings (SSSR count). The summed E-state index contributed by atoms with van der Waals surface area (Å²) in [4.78, 5) is 20.3. The van der Waals surface area contributed by atoms with Crippen molar-refractivity contribution < 1.29 is 28.1 Å². The molecule has 0 radical (unpaired) electrons. The molecule has 4 nitrogen and oxygen atoms in total. The van der Waals surface area contributed by atoms with Gasteiger partial charge in [0, 0.05) is 14.6 Å². The topological polar surface area (TPSA) is 66.8 Å². The molecule has 120 valence electrons. The second kappa shape index (κ2) is 6.45. The van der Waals surface area contributed by atoms with Gasteiger partial charge in [0.1, 0.15) is 0 Å². The summed E-state index contributed by atoms with van der Waals surface area (Å²) >= 11 is 3.92. The summed E-state index contributed by atoms with van der Waals surface area (Å²) in [6.45, 7) is 3.15. The molecule has 1 aromatic carbocycles. The molecule has 0 saturated heterocycles. The average molecular weight is 413 g/mol. The largest absolute Gasteiger partial charge is 0.478 e. The number of rotatable bonds is 5. The molecular formula is C13H12BrF2O4PS. The summed E-state index contributed by atoms with van der Waals surface area (Å²) in [7, 11) is -2.95. The second-order valence-corrected chi connectivity index (χ2v) is 7.63. The van der Waals surface area contributed by atoms with E-state index in [1.165, 1.54) is 19.1 Å². The highest BCUT2D eigenvalue weighted by atomic mass is 79.9. The first kappa shape index (κ1) is 17.7. The van der Waals surface area contributed by atoms with Gasteiger partial charge in [-0.25, -0.2) is 4.79 Å². The van der Waals surface area contributed by atoms with E-state index < -0.39 is 20.0 Å². The molecule has 0 bridgehead atoms. The van der Waals surface area contributed by atoms with Gasteiger partial charge < -0.3 is 14.5 Å². The van der Waals surface area contributed by atoms with Crippen LogP contribution >= 0.6 is 35.6 Å². The van der Waals surface area contributed by atoms with Crippen LogP contribution in [0.2, 0.25) is 0 Å². The number of benzene rings is 1. The van der Waals surface area contributed by atoms with Crippen LogP contribution in [0.1, 0.15) is 27.7 Å². The Morgan fingerprint density at radius 2 is 2.14 bits per heavy atom. The van der Waals surface area contributed by atoms with E-state index in [2.05, 4.69) is 20.5 Å². The Labute approximate surface area is 138 Å². The summed E-state index contributed by atoms with van der Waals surface area (Å²) in [6, 6.07) is 2.77. The average Bonchev–Trinajstić information content (AvgIpc) is 2.77. The van der Waals surface area contributed by atoms with Crippen LogP contribution in [0.5, 0.6) is 0 Å². The highest BCUT2D eigenvalue weighted by Gasteiger charge is 2.46. The second-order valence-electron chi connectivity index (χ2n) is 4.45. The summed E-state index contributed by atoms with van der Waals surface area (Å²) in [6.07, 6.45) is 0. The third-order valence-corrected chi connectivity index (χ3v) is 6.78. The molecule has 0 spiro atoms. The van der Waals surface area contributed by atoms with Crippen LogP contribution in [-0.4, -0.2) is 22.6 Å². The molecule has 0 aliphatic heterocycles. The maximum absolute atomic E-state index is 14.3. The van der Waals surface area contributed by atoms with Crippen LogP contribution in [-0.2, 0) is 10.2 Å². The van der Waals surface area contributed by atoms with Gasteiger partial charge in [0.15, 0.2) is 0 Å². The lowest BCUT2D eigenvalue weighted by molar-refractivity contribution is 0.0686. The zero-order valence-corrected chi connectivity index (χ0v) is 14.9. The van der Waals surface area contributed by atoms with Gasteiger partial charge in [0.25, 0.3) is 0 Å². The van der Waals surface area contributed by atoms with Crippen molar-refractivity contribution in [3.8, 4) is 0 Å². The maximum Gasteiger partial charge on any atom is 0.349 e. The number of alkyl halides is 2. The van der Waals surface area contributed by atoms with E-state index in [1.807, 2.05) is 0 Å². The molecule has 0 aliphatic rings. The molecule has 0 fully saturated rings. The monoisotopic (exact) mass is 412 g/mol. The van der Waals surface area contributed by atoms with Gasteiger partial charge >= 0.3 is 11.6 Å². The lowest BCUT2D eigenvalue weighted by Crippen LogP contribution is -2.11. The quantitative estimate of drug-likeness (QED) is 0.673. The fraction of sp³-hybridized carbons (Fsp3) is 0.308. The minimum atomic E-state index is -3.54. The highest BCUT2D eigenvalue weighted by Crippen LogP contribution is 2.60. The predicted octanol–water partition coefficient (Wildman–Crippen LogP) is 5.06. The van der Waals surface area contributed by atoms with Gasteiger partial charge in [-0.15, -0.1) is 11.3 Å². The number of carboxylic acids is 1. The Kier molecular flexibility index (Phi) is 5.19. The van der Waals surface area contributed by atoms with Gasteiger partial charge in [-0.2, -0.15) is 8.78 Å². The van der Waals surface area contributed by atoms with E-state index in [-0.39, 0.29) is 21.5 Å². The van der Waals surface area contributed by atoms with Crippen LogP contribution < -0.4 is 0 Å². The fourth-order valence-corrected chi connectivity index (χ4v) is 5.12. The molecule has 2 N–H and O–H groups in total. The minimum Gasteiger partial charge on any atom is -0.478 e. The Morgan fingerprint density at radius 3 is 2.68 bits per heavy atom. The predicted molar refractivity (Wildman–Crippen MR) is 85.9 cm³/mol. The molecule has 22 heavy (non-hydrogen) atoms. The van der Waals surface area contributed by atoms with Crippen LogP contribution in [0.25, 0.3) is 10.1 Å². The van der Waals surface area contributed by atoms with Crippen LogP contribution in [0, 0.1) is 6.92 Å². The normalized spacial score (nSPS) is 13.5. The SMILES string of the molecule is CCOP(O)C(F)(F)c1sc2c(C)cc(C(=O)O)cc2c1Br. The lowest BCUT2D eigenvalue weighted by atomic mass is 10.1. The highest BCUT2D eigenvalue weighted by molar-refractivity contribution is 9.10. The molecular weight excluding hydrogens is 401 g/mol.